The largest absolute Gasteiger partial charge is 0.392 e. The molecule has 1 aromatic carbocycles. The van der Waals surface area contributed by atoms with E-state index >= 15 is 0 Å². The highest BCUT2D eigenvalue weighted by Gasteiger charge is 2.30. The van der Waals surface area contributed by atoms with Gasteiger partial charge in [0, 0.05) is 18.0 Å². The Morgan fingerprint density at radius 3 is 2.52 bits per heavy atom. The Morgan fingerprint density at radius 1 is 1.39 bits per heavy atom. The zero-order valence-electron chi connectivity index (χ0n) is 14.2. The van der Waals surface area contributed by atoms with Gasteiger partial charge in [0.25, 0.3) is 5.69 Å². The molecule has 0 saturated carbocycles. The first-order chi connectivity index (χ1) is 10.6. The van der Waals surface area contributed by atoms with Gasteiger partial charge in [0.1, 0.15) is 0 Å². The molecule has 0 heterocycles. The standard InChI is InChI=1S/C16H25N3O4/c1-10(2)14(20)16(4,5)9-17-15(21)18-12-7-6-8-13(11(12)3)19(22)23/h6-8,10,14,20H,9H2,1-5H3,(H2,17,18,21). The Bertz CT molecular complexity index is 585. The predicted molar refractivity (Wildman–Crippen MR) is 89.5 cm³/mol. The number of nitrogens with one attached hydrogen (secondary N) is 2. The fourth-order valence-corrected chi connectivity index (χ4v) is 2.44. The second kappa shape index (κ2) is 7.41. The van der Waals surface area contributed by atoms with Gasteiger partial charge in [-0.15, -0.1) is 0 Å². The molecule has 0 fully saturated rings. The van der Waals surface area contributed by atoms with Crippen molar-refractivity contribution in [2.45, 2.75) is 40.7 Å². The van der Waals surface area contributed by atoms with Crippen LogP contribution in [-0.2, 0) is 0 Å². The van der Waals surface area contributed by atoms with E-state index in [1.54, 1.807) is 13.0 Å². The van der Waals surface area contributed by atoms with E-state index in [-0.39, 0.29) is 18.2 Å². The maximum atomic E-state index is 12.0. The van der Waals surface area contributed by atoms with Gasteiger partial charge >= 0.3 is 6.03 Å². The van der Waals surface area contributed by atoms with Crippen LogP contribution in [0.25, 0.3) is 0 Å². The molecule has 0 aliphatic heterocycles. The molecule has 0 radical (unpaired) electrons. The number of nitrogens with zero attached hydrogens (tertiary/aromatic N) is 1. The molecule has 128 valence electrons. The number of nitro groups is 1. The van der Waals surface area contributed by atoms with Crippen LogP contribution in [-0.4, -0.2) is 28.7 Å². The zero-order valence-corrected chi connectivity index (χ0v) is 14.2. The molecular formula is C16H25N3O4. The van der Waals surface area contributed by atoms with Crippen molar-refractivity contribution in [2.24, 2.45) is 11.3 Å². The van der Waals surface area contributed by atoms with E-state index in [4.69, 9.17) is 0 Å². The first-order valence-corrected chi connectivity index (χ1v) is 7.53. The van der Waals surface area contributed by atoms with Crippen molar-refractivity contribution in [3.63, 3.8) is 0 Å². The number of rotatable bonds is 6. The molecule has 7 nitrogen and oxygen atoms in total. The van der Waals surface area contributed by atoms with Crippen LogP contribution >= 0.6 is 0 Å². The molecular weight excluding hydrogens is 298 g/mol. The highest BCUT2D eigenvalue weighted by Crippen LogP contribution is 2.26. The van der Waals surface area contributed by atoms with Gasteiger partial charge < -0.3 is 15.7 Å². The van der Waals surface area contributed by atoms with Crippen molar-refractivity contribution in [3.8, 4) is 0 Å². The fourth-order valence-electron chi connectivity index (χ4n) is 2.44. The molecule has 0 spiro atoms. The number of benzene rings is 1. The Morgan fingerprint density at radius 2 is 2.00 bits per heavy atom. The summed E-state index contributed by atoms with van der Waals surface area (Å²) in [5.74, 6) is 0.0777. The second-order valence-corrected chi connectivity index (χ2v) is 6.69. The number of carbonyl (C=O) groups is 1. The van der Waals surface area contributed by atoms with Gasteiger partial charge in [-0.05, 0) is 18.9 Å². The third-order valence-electron chi connectivity index (χ3n) is 3.89. The van der Waals surface area contributed by atoms with Gasteiger partial charge in [-0.1, -0.05) is 33.8 Å². The zero-order chi connectivity index (χ0) is 17.8. The number of amides is 2. The second-order valence-electron chi connectivity index (χ2n) is 6.69. The van der Waals surface area contributed by atoms with Crippen LogP contribution in [0.4, 0.5) is 16.2 Å². The lowest BCUT2D eigenvalue weighted by Gasteiger charge is -2.33. The number of anilines is 1. The highest BCUT2D eigenvalue weighted by atomic mass is 16.6. The third-order valence-corrected chi connectivity index (χ3v) is 3.89. The van der Waals surface area contributed by atoms with Crippen LogP contribution in [0.2, 0.25) is 0 Å². The Balaban J connectivity index is 2.72. The van der Waals surface area contributed by atoms with E-state index < -0.39 is 22.5 Å². The topological polar surface area (TPSA) is 104 Å². The summed E-state index contributed by atoms with van der Waals surface area (Å²) in [6.45, 7) is 9.44. The van der Waals surface area contributed by atoms with Crippen molar-refractivity contribution in [1.82, 2.24) is 5.32 Å². The molecule has 7 heteroatoms. The van der Waals surface area contributed by atoms with E-state index in [1.807, 2.05) is 27.7 Å². The van der Waals surface area contributed by atoms with Crippen molar-refractivity contribution < 1.29 is 14.8 Å². The molecule has 0 aliphatic rings. The summed E-state index contributed by atoms with van der Waals surface area (Å²) in [4.78, 5) is 22.4. The molecule has 2 amide bonds. The monoisotopic (exact) mass is 323 g/mol. The normalized spacial score (nSPS) is 12.8. The van der Waals surface area contributed by atoms with Gasteiger partial charge in [-0.3, -0.25) is 10.1 Å². The Labute approximate surface area is 136 Å². The number of aliphatic hydroxyl groups excluding tert-OH is 1. The summed E-state index contributed by atoms with van der Waals surface area (Å²) >= 11 is 0. The van der Waals surface area contributed by atoms with Crippen molar-refractivity contribution >= 4 is 17.4 Å². The molecule has 3 N–H and O–H groups in total. The average molecular weight is 323 g/mol. The first kappa shape index (κ1) is 18.9. The number of nitro benzene ring substituents is 1. The molecule has 0 aromatic heterocycles. The van der Waals surface area contributed by atoms with Crippen LogP contribution in [0.1, 0.15) is 33.3 Å². The third kappa shape index (κ3) is 4.92. The maximum absolute atomic E-state index is 12.0. The van der Waals surface area contributed by atoms with Crippen LogP contribution in [0.15, 0.2) is 18.2 Å². The van der Waals surface area contributed by atoms with Crippen molar-refractivity contribution in [1.29, 1.82) is 0 Å². The van der Waals surface area contributed by atoms with Gasteiger partial charge in [0.15, 0.2) is 0 Å². The van der Waals surface area contributed by atoms with Crippen LogP contribution in [0.3, 0.4) is 0 Å². The van der Waals surface area contributed by atoms with E-state index in [2.05, 4.69) is 10.6 Å². The van der Waals surface area contributed by atoms with Crippen LogP contribution in [0.5, 0.6) is 0 Å². The van der Waals surface area contributed by atoms with E-state index in [0.29, 0.717) is 11.3 Å². The minimum atomic E-state index is -0.553. The first-order valence-electron chi connectivity index (χ1n) is 7.53. The lowest BCUT2D eigenvalue weighted by Crippen LogP contribution is -2.44. The summed E-state index contributed by atoms with van der Waals surface area (Å²) in [5, 5.41) is 26.4. The SMILES string of the molecule is Cc1c(NC(=O)NCC(C)(C)C(O)C(C)C)cccc1[N+](=O)[O-]. The van der Waals surface area contributed by atoms with Crippen LogP contribution < -0.4 is 10.6 Å². The van der Waals surface area contributed by atoms with Gasteiger partial charge in [0.05, 0.1) is 22.3 Å². The molecule has 1 rings (SSSR count). The predicted octanol–water partition coefficient (Wildman–Crippen LogP) is 3.07. The summed E-state index contributed by atoms with van der Waals surface area (Å²) in [5.41, 5.74) is 0.259. The fraction of sp³-hybridized carbons (Fsp3) is 0.562. The lowest BCUT2D eigenvalue weighted by molar-refractivity contribution is -0.385. The van der Waals surface area contributed by atoms with Crippen LogP contribution in [0, 0.1) is 28.4 Å². The van der Waals surface area contributed by atoms with Crippen molar-refractivity contribution in [2.75, 3.05) is 11.9 Å². The molecule has 23 heavy (non-hydrogen) atoms. The smallest absolute Gasteiger partial charge is 0.319 e. The lowest BCUT2D eigenvalue weighted by atomic mass is 9.81. The highest BCUT2D eigenvalue weighted by molar-refractivity contribution is 5.90. The molecule has 0 aliphatic carbocycles. The van der Waals surface area contributed by atoms with Gasteiger partial charge in [0.2, 0.25) is 0 Å². The molecule has 1 unspecified atom stereocenters. The number of hydrogen-bond donors (Lipinski definition) is 3. The van der Waals surface area contributed by atoms with Gasteiger partial charge in [-0.25, -0.2) is 4.79 Å². The minimum Gasteiger partial charge on any atom is -0.392 e. The number of carbonyl (C=O) groups excluding carboxylic acids is 1. The maximum Gasteiger partial charge on any atom is 0.319 e. The molecule has 1 aromatic rings. The molecule has 0 bridgehead atoms. The summed E-state index contributed by atoms with van der Waals surface area (Å²) in [7, 11) is 0. The quantitative estimate of drug-likeness (QED) is 0.552. The van der Waals surface area contributed by atoms with E-state index in [0.717, 1.165) is 0 Å². The summed E-state index contributed by atoms with van der Waals surface area (Å²) in [6, 6.07) is 4.06. The number of hydrogen-bond acceptors (Lipinski definition) is 4. The number of aliphatic hydroxyl groups is 1. The van der Waals surface area contributed by atoms with Crippen molar-refractivity contribution in [3.05, 3.63) is 33.9 Å². The van der Waals surface area contributed by atoms with E-state index in [1.165, 1.54) is 12.1 Å². The van der Waals surface area contributed by atoms with Gasteiger partial charge in [-0.2, -0.15) is 0 Å². The molecule has 0 saturated heterocycles. The average Bonchev–Trinajstić information content (AvgIpc) is 2.46. The molecule has 1 atom stereocenters. The summed E-state index contributed by atoms with van der Waals surface area (Å²) in [6.07, 6.45) is -0.553. The number of urea groups is 1. The van der Waals surface area contributed by atoms with E-state index in [9.17, 15) is 20.0 Å². The minimum absolute atomic E-state index is 0.0432. The summed E-state index contributed by atoms with van der Waals surface area (Å²) < 4.78 is 0. The Hall–Kier alpha value is -2.15. The Kier molecular flexibility index (Phi) is 6.09.